The third-order valence-corrected chi connectivity index (χ3v) is 9.09. The van der Waals surface area contributed by atoms with Crippen molar-refractivity contribution in [2.24, 2.45) is 11.3 Å². The van der Waals surface area contributed by atoms with Crippen LogP contribution < -0.4 is 20.7 Å². The molecule has 0 fully saturated rings. The molecule has 5 heterocycles. The van der Waals surface area contributed by atoms with Crippen molar-refractivity contribution in [3.8, 4) is 17.3 Å². The number of oxazole rings is 2. The minimum absolute atomic E-state index is 0.0586. The van der Waals surface area contributed by atoms with Crippen LogP contribution >= 0.6 is 0 Å². The number of hydrogen-bond acceptors (Lipinski definition) is 10. The summed E-state index contributed by atoms with van der Waals surface area (Å²) in [7, 11) is 0. The van der Waals surface area contributed by atoms with Gasteiger partial charge in [0.15, 0.2) is 17.7 Å². The van der Waals surface area contributed by atoms with Gasteiger partial charge < -0.3 is 39.7 Å². The number of carbonyl (C=O) groups excluding carboxylic acids is 2. The molecule has 1 spiro atoms. The fourth-order valence-corrected chi connectivity index (χ4v) is 6.63. The number of halogens is 1. The number of anilines is 1. The summed E-state index contributed by atoms with van der Waals surface area (Å²) in [5, 5.41) is 29.4. The summed E-state index contributed by atoms with van der Waals surface area (Å²) in [4.78, 5) is 36.4. The number of nitrogens with zero attached hydrogens (tertiary/aromatic N) is 2. The number of benzene rings is 2. The van der Waals surface area contributed by atoms with E-state index >= 15 is 4.39 Å². The van der Waals surface area contributed by atoms with Crippen molar-refractivity contribution in [3.05, 3.63) is 82.5 Å². The summed E-state index contributed by atoms with van der Waals surface area (Å²) in [6.45, 7) is 8.76. The molecule has 5 N–H and O–H groups in total. The quantitative estimate of drug-likeness (QED) is 0.216. The molecule has 0 saturated carbocycles. The molecule has 3 aliphatic heterocycles. The molecular weight excluding hydrogens is 609 g/mol. The summed E-state index contributed by atoms with van der Waals surface area (Å²) in [5.74, 6) is -1.09. The van der Waals surface area contributed by atoms with E-state index in [0.717, 1.165) is 0 Å². The van der Waals surface area contributed by atoms with Gasteiger partial charge in [-0.3, -0.25) is 9.59 Å². The Morgan fingerprint density at radius 2 is 1.94 bits per heavy atom. The molecule has 7 rings (SSSR count). The van der Waals surface area contributed by atoms with Crippen molar-refractivity contribution in [2.45, 2.75) is 77.5 Å². The van der Waals surface area contributed by atoms with Crippen LogP contribution in [0.2, 0.25) is 0 Å². The molecule has 3 unspecified atom stereocenters. The summed E-state index contributed by atoms with van der Waals surface area (Å²) >= 11 is 0. The molecule has 2 aromatic carbocycles. The fourth-order valence-electron chi connectivity index (χ4n) is 6.63. The van der Waals surface area contributed by atoms with Gasteiger partial charge in [0.25, 0.3) is 0 Å². The van der Waals surface area contributed by atoms with Gasteiger partial charge in [-0.05, 0) is 41.2 Å². The van der Waals surface area contributed by atoms with E-state index in [1.807, 2.05) is 26.8 Å². The predicted octanol–water partition coefficient (Wildman–Crippen LogP) is 3.70. The van der Waals surface area contributed by atoms with Gasteiger partial charge in [0.2, 0.25) is 23.6 Å². The van der Waals surface area contributed by atoms with Crippen molar-refractivity contribution in [3.63, 3.8) is 0 Å². The number of ether oxygens (including phenoxy) is 1. The zero-order chi connectivity index (χ0) is 33.4. The lowest BCUT2D eigenvalue weighted by atomic mass is 9.72. The van der Waals surface area contributed by atoms with Crippen LogP contribution in [0.3, 0.4) is 0 Å². The number of aliphatic hydroxyl groups is 2. The van der Waals surface area contributed by atoms with Crippen LogP contribution in [-0.2, 0) is 28.0 Å². The lowest BCUT2D eigenvalue weighted by Gasteiger charge is -2.32. The van der Waals surface area contributed by atoms with E-state index in [9.17, 15) is 19.8 Å². The van der Waals surface area contributed by atoms with Crippen LogP contribution in [0.15, 0.2) is 51.5 Å². The largest absolute Gasteiger partial charge is 0.469 e. The number of hydrogen-bond donors (Lipinski definition) is 5. The standard InChI is InChI=1S/C34H36FN5O7/c1-15(2)25(42)29(44)37-22-11-16-6-9-23-20(10-16)34(19-12-17(35)7-8-21(19)38-32(34)46-23)27-24(30-36-18(13-41)14-45-30)39-31(47-27)26(33(3,4)5)40-28(22)43/h6-10,12,14-15,22,25-26,32,38,41-42H,11,13H2,1-5H3,(H,37,44)(H,40,43)/t22-,25-,26?,32?,34?/m0/s1. The van der Waals surface area contributed by atoms with E-state index in [4.69, 9.17) is 18.6 Å². The van der Waals surface area contributed by atoms with Gasteiger partial charge in [-0.1, -0.05) is 46.8 Å². The first kappa shape index (κ1) is 30.9. The third kappa shape index (κ3) is 4.87. The molecule has 5 atom stereocenters. The zero-order valence-electron chi connectivity index (χ0n) is 26.6. The third-order valence-electron chi connectivity index (χ3n) is 9.09. The van der Waals surface area contributed by atoms with Gasteiger partial charge >= 0.3 is 0 Å². The maximum absolute atomic E-state index is 15.1. The number of fused-ring (bicyclic) bond motifs is 4. The molecule has 3 aliphatic rings. The Kier molecular flexibility index (Phi) is 7.17. The summed E-state index contributed by atoms with van der Waals surface area (Å²) < 4.78 is 34.1. The van der Waals surface area contributed by atoms with E-state index in [0.29, 0.717) is 28.1 Å². The highest BCUT2D eigenvalue weighted by Gasteiger charge is 2.61. The van der Waals surface area contributed by atoms with Crippen LogP contribution in [-0.4, -0.2) is 50.4 Å². The van der Waals surface area contributed by atoms with E-state index in [2.05, 4.69) is 20.9 Å². The Bertz CT molecular complexity index is 1900. The van der Waals surface area contributed by atoms with Crippen molar-refractivity contribution >= 4 is 17.5 Å². The van der Waals surface area contributed by atoms with Crippen molar-refractivity contribution < 1.29 is 37.8 Å². The molecule has 4 aromatic rings. The molecule has 4 bridgehead atoms. The monoisotopic (exact) mass is 645 g/mol. The second-order valence-corrected chi connectivity index (χ2v) is 13.8. The van der Waals surface area contributed by atoms with Gasteiger partial charge in [-0.25, -0.2) is 14.4 Å². The average Bonchev–Trinajstić information content (AvgIpc) is 3.79. The Morgan fingerprint density at radius 3 is 2.64 bits per heavy atom. The Balaban J connectivity index is 1.51. The first-order valence-corrected chi connectivity index (χ1v) is 15.5. The molecule has 0 saturated heterocycles. The second-order valence-electron chi connectivity index (χ2n) is 13.8. The molecule has 0 aliphatic carbocycles. The normalized spacial score (nSPS) is 23.5. The molecule has 12 nitrogen and oxygen atoms in total. The maximum Gasteiger partial charge on any atom is 0.249 e. The topological polar surface area (TPSA) is 172 Å². The van der Waals surface area contributed by atoms with Gasteiger partial charge in [0.1, 0.15) is 47.1 Å². The number of aromatic nitrogens is 2. The smallest absolute Gasteiger partial charge is 0.249 e. The van der Waals surface area contributed by atoms with Gasteiger partial charge in [-0.15, -0.1) is 0 Å². The van der Waals surface area contributed by atoms with Crippen LogP contribution in [0, 0.1) is 17.2 Å². The number of rotatable bonds is 5. The fraction of sp³-hybridized carbons (Fsp3) is 0.412. The van der Waals surface area contributed by atoms with Crippen LogP contribution in [0.1, 0.15) is 74.7 Å². The van der Waals surface area contributed by atoms with Gasteiger partial charge in [0, 0.05) is 23.2 Å². The lowest BCUT2D eigenvalue weighted by molar-refractivity contribution is -0.136. The van der Waals surface area contributed by atoms with Gasteiger partial charge in [0.05, 0.1) is 6.61 Å². The maximum atomic E-state index is 15.1. The number of nitrogens with one attached hydrogen (secondary N) is 3. The van der Waals surface area contributed by atoms with Crippen LogP contribution in [0.4, 0.5) is 10.1 Å². The Morgan fingerprint density at radius 1 is 1.15 bits per heavy atom. The van der Waals surface area contributed by atoms with E-state index < -0.39 is 52.9 Å². The van der Waals surface area contributed by atoms with E-state index in [1.54, 1.807) is 32.0 Å². The van der Waals surface area contributed by atoms with Crippen molar-refractivity contribution in [1.29, 1.82) is 0 Å². The number of aliphatic hydroxyl groups excluding tert-OH is 2. The van der Waals surface area contributed by atoms with E-state index in [-0.39, 0.29) is 47.9 Å². The summed E-state index contributed by atoms with van der Waals surface area (Å²) in [5.41, 5.74) is 0.952. The van der Waals surface area contributed by atoms with Crippen molar-refractivity contribution in [1.82, 2.24) is 20.6 Å². The number of carbonyl (C=O) groups is 2. The molecule has 246 valence electrons. The van der Waals surface area contributed by atoms with E-state index in [1.165, 1.54) is 18.4 Å². The second kappa shape index (κ2) is 10.9. The van der Waals surface area contributed by atoms with Gasteiger partial charge in [-0.2, -0.15) is 0 Å². The molecule has 0 radical (unpaired) electrons. The Labute approximate surface area is 269 Å². The average molecular weight is 646 g/mol. The first-order valence-electron chi connectivity index (χ1n) is 15.5. The SMILES string of the molecule is CC(C)[C@H](O)C(=O)N[C@H]1Cc2ccc3c(c2)C2(c4cc(F)ccc4NC2O3)c2oc(nc2-c2nc(CO)co2)C(C(C)(C)C)NC1=O. The predicted molar refractivity (Wildman–Crippen MR) is 166 cm³/mol. The first-order chi connectivity index (χ1) is 22.3. The highest BCUT2D eigenvalue weighted by molar-refractivity contribution is 5.90. The zero-order valence-corrected chi connectivity index (χ0v) is 26.6. The Hall–Kier alpha value is -4.75. The molecular formula is C34H36FN5O7. The van der Waals surface area contributed by atoms with Crippen LogP contribution in [0.25, 0.3) is 11.6 Å². The van der Waals surface area contributed by atoms with Crippen molar-refractivity contribution in [2.75, 3.05) is 5.32 Å². The lowest BCUT2D eigenvalue weighted by Crippen LogP contribution is -2.53. The molecule has 47 heavy (non-hydrogen) atoms. The molecule has 2 amide bonds. The minimum atomic E-state index is -1.32. The molecule has 13 heteroatoms. The summed E-state index contributed by atoms with van der Waals surface area (Å²) in [6.07, 6.45) is -0.720. The minimum Gasteiger partial charge on any atom is -0.469 e. The summed E-state index contributed by atoms with van der Waals surface area (Å²) in [6, 6.07) is 7.93. The van der Waals surface area contributed by atoms with Crippen LogP contribution in [0.5, 0.6) is 5.75 Å². The molecule has 2 aromatic heterocycles. The highest BCUT2D eigenvalue weighted by atomic mass is 19.1. The highest BCUT2D eigenvalue weighted by Crippen LogP contribution is 2.59. The number of amides is 2.